The van der Waals surface area contributed by atoms with E-state index in [1.807, 2.05) is 24.3 Å². The van der Waals surface area contributed by atoms with E-state index in [-0.39, 0.29) is 11.8 Å². The summed E-state index contributed by atoms with van der Waals surface area (Å²) in [5.74, 6) is 1.46. The number of para-hydroxylation sites is 1. The van der Waals surface area contributed by atoms with Gasteiger partial charge in [-0.3, -0.25) is 4.79 Å². The number of amides is 1. The molecule has 1 aliphatic carbocycles. The van der Waals surface area contributed by atoms with Crippen LogP contribution in [0.2, 0.25) is 0 Å². The SMILES string of the molecule is NC1CC(CNC(=O)C2CCOc3ccccc32)C1. The molecule has 0 bridgehead atoms. The minimum atomic E-state index is -0.0706. The standard InChI is InChI=1S/C15H20N2O2/c16-11-7-10(8-11)9-17-15(18)13-5-6-19-14-4-2-1-3-12(13)14/h1-4,10-11,13H,5-9,16H2,(H,17,18). The minimum absolute atomic E-state index is 0.0706. The fraction of sp³-hybridized carbons (Fsp3) is 0.533. The topological polar surface area (TPSA) is 64.3 Å². The van der Waals surface area contributed by atoms with Gasteiger partial charge in [0.1, 0.15) is 5.75 Å². The number of benzene rings is 1. The number of rotatable bonds is 3. The molecule has 1 heterocycles. The van der Waals surface area contributed by atoms with E-state index in [4.69, 9.17) is 10.5 Å². The highest BCUT2D eigenvalue weighted by atomic mass is 16.5. The lowest BCUT2D eigenvalue weighted by atomic mass is 9.81. The Hall–Kier alpha value is -1.55. The molecule has 3 N–H and O–H groups in total. The molecule has 3 rings (SSSR count). The smallest absolute Gasteiger partial charge is 0.227 e. The summed E-state index contributed by atoms with van der Waals surface area (Å²) in [5, 5.41) is 3.07. The van der Waals surface area contributed by atoms with Crippen molar-refractivity contribution >= 4 is 5.91 Å². The molecule has 0 saturated heterocycles. The van der Waals surface area contributed by atoms with Crippen LogP contribution in [0.15, 0.2) is 24.3 Å². The van der Waals surface area contributed by atoms with Crippen LogP contribution in [0, 0.1) is 5.92 Å². The van der Waals surface area contributed by atoms with Crippen LogP contribution in [0.1, 0.15) is 30.7 Å². The Morgan fingerprint density at radius 2 is 2.16 bits per heavy atom. The lowest BCUT2D eigenvalue weighted by molar-refractivity contribution is -0.123. The fourth-order valence-electron chi connectivity index (χ4n) is 2.94. The number of hydrogen-bond acceptors (Lipinski definition) is 3. The van der Waals surface area contributed by atoms with Crippen LogP contribution in [-0.2, 0) is 4.79 Å². The first-order valence-electron chi connectivity index (χ1n) is 6.99. The summed E-state index contributed by atoms with van der Waals surface area (Å²) in [6, 6.07) is 8.15. The molecule has 4 nitrogen and oxygen atoms in total. The van der Waals surface area contributed by atoms with E-state index in [2.05, 4.69) is 5.32 Å². The third-order valence-corrected chi connectivity index (χ3v) is 4.11. The van der Waals surface area contributed by atoms with Gasteiger partial charge in [0.2, 0.25) is 5.91 Å². The molecule has 1 aromatic carbocycles. The van der Waals surface area contributed by atoms with Gasteiger partial charge in [-0.2, -0.15) is 0 Å². The molecular formula is C15H20N2O2. The number of fused-ring (bicyclic) bond motifs is 1. The van der Waals surface area contributed by atoms with Crippen molar-refractivity contribution in [3.8, 4) is 5.75 Å². The maximum atomic E-state index is 12.3. The second-order valence-corrected chi connectivity index (χ2v) is 5.57. The quantitative estimate of drug-likeness (QED) is 0.863. The van der Waals surface area contributed by atoms with Crippen LogP contribution < -0.4 is 15.8 Å². The van der Waals surface area contributed by atoms with E-state index in [9.17, 15) is 4.79 Å². The molecule has 0 aromatic heterocycles. The second kappa shape index (κ2) is 5.21. The molecule has 102 valence electrons. The molecule has 0 radical (unpaired) electrons. The van der Waals surface area contributed by atoms with Gasteiger partial charge < -0.3 is 15.8 Å². The predicted octanol–water partition coefficient (Wildman–Crippen LogP) is 1.41. The van der Waals surface area contributed by atoms with Gasteiger partial charge in [-0.05, 0) is 31.2 Å². The zero-order valence-electron chi connectivity index (χ0n) is 11.0. The summed E-state index contributed by atoms with van der Waals surface area (Å²) in [5.41, 5.74) is 6.76. The maximum Gasteiger partial charge on any atom is 0.227 e. The Bertz CT molecular complexity index is 469. The van der Waals surface area contributed by atoms with Crippen LogP contribution in [0.25, 0.3) is 0 Å². The highest BCUT2D eigenvalue weighted by molar-refractivity contribution is 5.84. The van der Waals surface area contributed by atoms with Gasteiger partial charge in [0.15, 0.2) is 0 Å². The van der Waals surface area contributed by atoms with E-state index in [1.54, 1.807) is 0 Å². The summed E-state index contributed by atoms with van der Waals surface area (Å²) in [4.78, 5) is 12.3. The number of carbonyl (C=O) groups is 1. The average Bonchev–Trinajstić information content (AvgIpc) is 2.41. The van der Waals surface area contributed by atoms with Crippen molar-refractivity contribution in [3.63, 3.8) is 0 Å². The molecule has 1 unspecified atom stereocenters. The summed E-state index contributed by atoms with van der Waals surface area (Å²) < 4.78 is 5.58. The summed E-state index contributed by atoms with van der Waals surface area (Å²) in [7, 11) is 0. The van der Waals surface area contributed by atoms with Gasteiger partial charge in [0, 0.05) is 18.2 Å². The third-order valence-electron chi connectivity index (χ3n) is 4.11. The second-order valence-electron chi connectivity index (χ2n) is 5.57. The molecular weight excluding hydrogens is 240 g/mol. The monoisotopic (exact) mass is 260 g/mol. The van der Waals surface area contributed by atoms with Crippen molar-refractivity contribution in [2.24, 2.45) is 11.7 Å². The normalized spacial score (nSPS) is 28.8. The van der Waals surface area contributed by atoms with E-state index < -0.39 is 0 Å². The van der Waals surface area contributed by atoms with Crippen LogP contribution in [-0.4, -0.2) is 25.1 Å². The number of ether oxygens (including phenoxy) is 1. The van der Waals surface area contributed by atoms with E-state index in [0.717, 1.165) is 37.1 Å². The number of nitrogens with two attached hydrogens (primary N) is 1. The first-order valence-corrected chi connectivity index (χ1v) is 6.99. The van der Waals surface area contributed by atoms with Crippen molar-refractivity contribution in [1.82, 2.24) is 5.32 Å². The summed E-state index contributed by atoms with van der Waals surface area (Å²) in [6.07, 6.45) is 2.82. The van der Waals surface area contributed by atoms with Crippen LogP contribution in [0.4, 0.5) is 0 Å². The lowest BCUT2D eigenvalue weighted by Gasteiger charge is -2.33. The molecule has 1 fully saturated rings. The first-order chi connectivity index (χ1) is 9.24. The minimum Gasteiger partial charge on any atom is -0.493 e. The largest absolute Gasteiger partial charge is 0.493 e. The van der Waals surface area contributed by atoms with Crippen molar-refractivity contribution in [1.29, 1.82) is 0 Å². The Morgan fingerprint density at radius 1 is 1.37 bits per heavy atom. The van der Waals surface area contributed by atoms with Gasteiger partial charge in [0.25, 0.3) is 0 Å². The molecule has 0 spiro atoms. The predicted molar refractivity (Wildman–Crippen MR) is 73.0 cm³/mol. The van der Waals surface area contributed by atoms with Gasteiger partial charge in [-0.25, -0.2) is 0 Å². The van der Waals surface area contributed by atoms with Crippen LogP contribution in [0.3, 0.4) is 0 Å². The van der Waals surface area contributed by atoms with Crippen molar-refractivity contribution in [3.05, 3.63) is 29.8 Å². The molecule has 1 amide bonds. The average molecular weight is 260 g/mol. The molecule has 19 heavy (non-hydrogen) atoms. The Labute approximate surface area is 113 Å². The first kappa shape index (κ1) is 12.5. The molecule has 1 aliphatic heterocycles. The zero-order valence-corrected chi connectivity index (χ0v) is 11.0. The van der Waals surface area contributed by atoms with Gasteiger partial charge in [-0.15, -0.1) is 0 Å². The van der Waals surface area contributed by atoms with Gasteiger partial charge in [0.05, 0.1) is 12.5 Å². The molecule has 4 heteroatoms. The number of nitrogens with one attached hydrogen (secondary N) is 1. The van der Waals surface area contributed by atoms with Crippen molar-refractivity contribution < 1.29 is 9.53 Å². The molecule has 1 atom stereocenters. The maximum absolute atomic E-state index is 12.3. The van der Waals surface area contributed by atoms with Crippen molar-refractivity contribution in [2.45, 2.75) is 31.2 Å². The summed E-state index contributed by atoms with van der Waals surface area (Å²) in [6.45, 7) is 1.37. The highest BCUT2D eigenvalue weighted by Gasteiger charge is 2.30. The zero-order chi connectivity index (χ0) is 13.2. The van der Waals surface area contributed by atoms with E-state index in [0.29, 0.717) is 18.6 Å². The Kier molecular flexibility index (Phi) is 3.42. The van der Waals surface area contributed by atoms with E-state index in [1.165, 1.54) is 0 Å². The van der Waals surface area contributed by atoms with Crippen molar-refractivity contribution in [2.75, 3.05) is 13.2 Å². The van der Waals surface area contributed by atoms with Gasteiger partial charge in [-0.1, -0.05) is 18.2 Å². The van der Waals surface area contributed by atoms with Crippen LogP contribution >= 0.6 is 0 Å². The third kappa shape index (κ3) is 2.59. The highest BCUT2D eigenvalue weighted by Crippen LogP contribution is 2.33. The van der Waals surface area contributed by atoms with E-state index >= 15 is 0 Å². The Morgan fingerprint density at radius 3 is 2.95 bits per heavy atom. The van der Waals surface area contributed by atoms with Gasteiger partial charge >= 0.3 is 0 Å². The fourth-order valence-corrected chi connectivity index (χ4v) is 2.94. The molecule has 2 aliphatic rings. The Balaban J connectivity index is 1.61. The number of hydrogen-bond donors (Lipinski definition) is 2. The van der Waals surface area contributed by atoms with Crippen LogP contribution in [0.5, 0.6) is 5.75 Å². The number of carbonyl (C=O) groups excluding carboxylic acids is 1. The molecule has 1 aromatic rings. The lowest BCUT2D eigenvalue weighted by Crippen LogP contribution is -2.44. The molecule has 1 saturated carbocycles. The summed E-state index contributed by atoms with van der Waals surface area (Å²) >= 11 is 0.